The second kappa shape index (κ2) is 8.30. The summed E-state index contributed by atoms with van der Waals surface area (Å²) >= 11 is 7.24. The SMILES string of the molecule is CCOC(=O)c1c(-c2ccc(Cl)cc2)csc1NC(=O)c1cn2ccc(C)cc2n1. The molecule has 1 N–H and O–H groups in total. The number of amides is 1. The maximum Gasteiger partial charge on any atom is 0.341 e. The molecule has 0 bridgehead atoms. The van der Waals surface area contributed by atoms with Crippen molar-refractivity contribution in [1.82, 2.24) is 9.38 Å². The molecule has 0 atom stereocenters. The normalized spacial score (nSPS) is 10.9. The van der Waals surface area contributed by atoms with Gasteiger partial charge in [-0.15, -0.1) is 11.3 Å². The van der Waals surface area contributed by atoms with Crippen molar-refractivity contribution in [3.8, 4) is 11.1 Å². The van der Waals surface area contributed by atoms with E-state index in [0.717, 1.165) is 11.1 Å². The molecule has 1 amide bonds. The van der Waals surface area contributed by atoms with Crippen LogP contribution in [-0.2, 0) is 4.74 Å². The third-order valence-corrected chi connectivity index (χ3v) is 5.65. The molecule has 0 saturated heterocycles. The van der Waals surface area contributed by atoms with Crippen molar-refractivity contribution in [2.24, 2.45) is 0 Å². The Morgan fingerprint density at radius 1 is 1.23 bits per heavy atom. The summed E-state index contributed by atoms with van der Waals surface area (Å²) in [6.45, 7) is 3.93. The van der Waals surface area contributed by atoms with E-state index in [1.807, 2.05) is 42.8 Å². The van der Waals surface area contributed by atoms with Crippen molar-refractivity contribution in [2.45, 2.75) is 13.8 Å². The van der Waals surface area contributed by atoms with E-state index in [4.69, 9.17) is 16.3 Å². The molecule has 0 unspecified atom stereocenters. The number of carbonyl (C=O) groups excluding carboxylic acids is 2. The Balaban J connectivity index is 1.69. The van der Waals surface area contributed by atoms with Crippen LogP contribution in [0, 0.1) is 6.92 Å². The third-order valence-electron chi connectivity index (χ3n) is 4.50. The summed E-state index contributed by atoms with van der Waals surface area (Å²) < 4.78 is 7.01. The molecule has 0 aliphatic heterocycles. The lowest BCUT2D eigenvalue weighted by Gasteiger charge is -2.08. The van der Waals surface area contributed by atoms with E-state index in [1.165, 1.54) is 11.3 Å². The number of nitrogens with zero attached hydrogens (tertiary/aromatic N) is 2. The molecule has 3 aromatic heterocycles. The Kier molecular flexibility index (Phi) is 5.57. The molecule has 0 saturated carbocycles. The fourth-order valence-electron chi connectivity index (χ4n) is 3.06. The number of carbonyl (C=O) groups is 2. The topological polar surface area (TPSA) is 72.7 Å². The molecule has 0 radical (unpaired) electrons. The summed E-state index contributed by atoms with van der Waals surface area (Å²) in [6, 6.07) is 11.0. The molecule has 0 fully saturated rings. The summed E-state index contributed by atoms with van der Waals surface area (Å²) in [5.74, 6) is -0.893. The Hall–Kier alpha value is -3.16. The minimum atomic E-state index is -0.496. The maximum absolute atomic E-state index is 12.8. The molecule has 0 aliphatic carbocycles. The van der Waals surface area contributed by atoms with Crippen LogP contribution in [0.5, 0.6) is 0 Å². The van der Waals surface area contributed by atoms with E-state index in [9.17, 15) is 9.59 Å². The predicted octanol–water partition coefficient (Wildman–Crippen LogP) is 5.45. The number of fused-ring (bicyclic) bond motifs is 1. The van der Waals surface area contributed by atoms with E-state index < -0.39 is 11.9 Å². The van der Waals surface area contributed by atoms with Gasteiger partial charge in [-0.3, -0.25) is 4.79 Å². The summed E-state index contributed by atoms with van der Waals surface area (Å²) in [4.78, 5) is 29.9. The second-order valence-electron chi connectivity index (χ2n) is 6.63. The van der Waals surface area contributed by atoms with E-state index in [-0.39, 0.29) is 12.3 Å². The predicted molar refractivity (Wildman–Crippen MR) is 119 cm³/mol. The highest BCUT2D eigenvalue weighted by molar-refractivity contribution is 7.15. The number of aryl methyl sites for hydroxylation is 1. The first-order valence-corrected chi connectivity index (χ1v) is 10.5. The van der Waals surface area contributed by atoms with Gasteiger partial charge in [-0.2, -0.15) is 0 Å². The number of esters is 1. The van der Waals surface area contributed by atoms with Gasteiger partial charge in [-0.25, -0.2) is 9.78 Å². The van der Waals surface area contributed by atoms with Gasteiger partial charge in [0, 0.05) is 28.4 Å². The monoisotopic (exact) mass is 439 g/mol. The lowest BCUT2D eigenvalue weighted by Crippen LogP contribution is -2.15. The minimum Gasteiger partial charge on any atom is -0.462 e. The minimum absolute atomic E-state index is 0.230. The number of pyridine rings is 1. The van der Waals surface area contributed by atoms with E-state index in [2.05, 4.69) is 10.3 Å². The van der Waals surface area contributed by atoms with Gasteiger partial charge < -0.3 is 14.5 Å². The van der Waals surface area contributed by atoms with Crippen LogP contribution >= 0.6 is 22.9 Å². The number of halogens is 1. The van der Waals surface area contributed by atoms with Crippen LogP contribution in [0.25, 0.3) is 16.8 Å². The summed E-state index contributed by atoms with van der Waals surface area (Å²) in [5, 5.41) is 5.65. The van der Waals surface area contributed by atoms with Crippen molar-refractivity contribution in [3.63, 3.8) is 0 Å². The van der Waals surface area contributed by atoms with E-state index in [1.54, 1.807) is 29.7 Å². The Labute approximate surface area is 182 Å². The molecular weight excluding hydrogens is 422 g/mol. The van der Waals surface area contributed by atoms with Gasteiger partial charge in [0.15, 0.2) is 0 Å². The number of rotatable bonds is 5. The number of hydrogen-bond donors (Lipinski definition) is 1. The number of nitrogens with one attached hydrogen (secondary N) is 1. The number of imidazole rings is 1. The highest BCUT2D eigenvalue weighted by atomic mass is 35.5. The number of hydrogen-bond acceptors (Lipinski definition) is 5. The zero-order chi connectivity index (χ0) is 21.3. The smallest absolute Gasteiger partial charge is 0.341 e. The number of thiophene rings is 1. The van der Waals surface area contributed by atoms with Gasteiger partial charge in [0.1, 0.15) is 21.9 Å². The van der Waals surface area contributed by atoms with Gasteiger partial charge in [0.05, 0.1) is 6.61 Å². The first-order valence-electron chi connectivity index (χ1n) is 9.27. The molecule has 4 rings (SSSR count). The standard InChI is InChI=1S/C22H18ClN3O3S/c1-3-29-22(28)19-16(14-4-6-15(23)7-5-14)12-30-21(19)25-20(27)17-11-26-9-8-13(2)10-18(26)24-17/h4-12H,3H2,1-2H3,(H,25,27). The molecule has 3 heterocycles. The zero-order valence-corrected chi connectivity index (χ0v) is 17.9. The van der Waals surface area contributed by atoms with Crippen molar-refractivity contribution in [2.75, 3.05) is 11.9 Å². The van der Waals surface area contributed by atoms with Gasteiger partial charge in [-0.1, -0.05) is 23.7 Å². The van der Waals surface area contributed by atoms with Crippen molar-refractivity contribution in [1.29, 1.82) is 0 Å². The number of anilines is 1. The highest BCUT2D eigenvalue weighted by Crippen LogP contribution is 2.37. The van der Waals surface area contributed by atoms with Gasteiger partial charge in [-0.05, 0) is 49.2 Å². The van der Waals surface area contributed by atoms with Crippen LogP contribution in [0.1, 0.15) is 33.3 Å². The quantitative estimate of drug-likeness (QED) is 0.419. The fourth-order valence-corrected chi connectivity index (χ4v) is 4.14. The van der Waals surface area contributed by atoms with Gasteiger partial charge in [0.25, 0.3) is 5.91 Å². The molecule has 30 heavy (non-hydrogen) atoms. The summed E-state index contributed by atoms with van der Waals surface area (Å²) in [7, 11) is 0. The first kappa shape index (κ1) is 20.1. The fraction of sp³-hybridized carbons (Fsp3) is 0.136. The lowest BCUT2D eigenvalue weighted by molar-refractivity contribution is 0.0529. The van der Waals surface area contributed by atoms with E-state index in [0.29, 0.717) is 26.8 Å². The number of aromatic nitrogens is 2. The summed E-state index contributed by atoms with van der Waals surface area (Å²) in [5.41, 5.74) is 3.79. The molecule has 8 heteroatoms. The van der Waals surface area contributed by atoms with Crippen molar-refractivity contribution >= 4 is 45.5 Å². The largest absolute Gasteiger partial charge is 0.462 e. The molecule has 6 nitrogen and oxygen atoms in total. The molecule has 152 valence electrons. The second-order valence-corrected chi connectivity index (χ2v) is 7.95. The first-order chi connectivity index (χ1) is 14.5. The number of ether oxygens (including phenoxy) is 1. The average molecular weight is 440 g/mol. The van der Waals surface area contributed by atoms with Crippen LogP contribution in [0.4, 0.5) is 5.00 Å². The molecule has 4 aromatic rings. The van der Waals surface area contributed by atoms with Crippen molar-refractivity contribution in [3.05, 3.63) is 76.0 Å². The highest BCUT2D eigenvalue weighted by Gasteiger charge is 2.24. The zero-order valence-electron chi connectivity index (χ0n) is 16.3. The van der Waals surface area contributed by atoms with Gasteiger partial charge >= 0.3 is 5.97 Å². The lowest BCUT2D eigenvalue weighted by atomic mass is 10.0. The average Bonchev–Trinajstić information content (AvgIpc) is 3.32. The molecule has 1 aromatic carbocycles. The third kappa shape index (κ3) is 3.94. The van der Waals surface area contributed by atoms with Crippen molar-refractivity contribution < 1.29 is 14.3 Å². The van der Waals surface area contributed by atoms with Crippen LogP contribution in [0.3, 0.4) is 0 Å². The Bertz CT molecular complexity index is 1240. The van der Waals surface area contributed by atoms with Crippen LogP contribution in [0.15, 0.2) is 54.2 Å². The summed E-state index contributed by atoms with van der Waals surface area (Å²) in [6.07, 6.45) is 3.50. The number of benzene rings is 1. The van der Waals surface area contributed by atoms with Gasteiger partial charge in [0.2, 0.25) is 0 Å². The Morgan fingerprint density at radius 2 is 2.00 bits per heavy atom. The van der Waals surface area contributed by atoms with Crippen LogP contribution in [0.2, 0.25) is 5.02 Å². The van der Waals surface area contributed by atoms with Crippen LogP contribution in [-0.4, -0.2) is 27.9 Å². The van der Waals surface area contributed by atoms with Crippen LogP contribution < -0.4 is 5.32 Å². The maximum atomic E-state index is 12.8. The molecule has 0 spiro atoms. The Morgan fingerprint density at radius 3 is 2.73 bits per heavy atom. The van der Waals surface area contributed by atoms with E-state index >= 15 is 0 Å². The molecule has 0 aliphatic rings. The molecular formula is C22H18ClN3O3S.